The normalized spacial score (nSPS) is 19.0. The van der Waals surface area contributed by atoms with E-state index in [1.165, 1.54) is 5.56 Å². The molecule has 3 aromatic rings. The van der Waals surface area contributed by atoms with E-state index >= 15 is 0 Å². The molecule has 0 radical (unpaired) electrons. The second-order valence-electron chi connectivity index (χ2n) is 6.78. The SMILES string of the molecule is Cc1c(C(=O)NC2CC(c3ccc(Cl)cc3)C2)cnn1-c1ccccc1. The van der Waals surface area contributed by atoms with Gasteiger partial charge in [-0.2, -0.15) is 5.10 Å². The Labute approximate surface area is 157 Å². The molecule has 0 spiro atoms. The van der Waals surface area contributed by atoms with Crippen molar-refractivity contribution in [1.82, 2.24) is 15.1 Å². The van der Waals surface area contributed by atoms with Gasteiger partial charge in [-0.15, -0.1) is 0 Å². The van der Waals surface area contributed by atoms with E-state index < -0.39 is 0 Å². The van der Waals surface area contributed by atoms with Crippen molar-refractivity contribution in [1.29, 1.82) is 0 Å². The monoisotopic (exact) mass is 365 g/mol. The summed E-state index contributed by atoms with van der Waals surface area (Å²) in [5.74, 6) is 0.440. The molecular formula is C21H20ClN3O. The minimum absolute atomic E-state index is 0.0516. The van der Waals surface area contributed by atoms with Gasteiger partial charge >= 0.3 is 0 Å². The Morgan fingerprint density at radius 3 is 2.50 bits per heavy atom. The molecule has 1 fully saturated rings. The average Bonchev–Trinajstić information content (AvgIpc) is 3.01. The van der Waals surface area contributed by atoms with Crippen molar-refractivity contribution >= 4 is 17.5 Å². The van der Waals surface area contributed by atoms with Gasteiger partial charge in [-0.1, -0.05) is 41.9 Å². The van der Waals surface area contributed by atoms with Crippen LogP contribution in [0.25, 0.3) is 5.69 Å². The van der Waals surface area contributed by atoms with Gasteiger partial charge in [0.25, 0.3) is 5.91 Å². The van der Waals surface area contributed by atoms with Gasteiger partial charge in [0.2, 0.25) is 0 Å². The van der Waals surface area contributed by atoms with Gasteiger partial charge in [0.15, 0.2) is 0 Å². The molecule has 1 N–H and O–H groups in total. The van der Waals surface area contributed by atoms with Crippen molar-refractivity contribution in [3.8, 4) is 5.69 Å². The number of para-hydroxylation sites is 1. The summed E-state index contributed by atoms with van der Waals surface area (Å²) < 4.78 is 1.80. The highest BCUT2D eigenvalue weighted by atomic mass is 35.5. The molecule has 4 rings (SSSR count). The fourth-order valence-corrected chi connectivity index (χ4v) is 3.59. The summed E-state index contributed by atoms with van der Waals surface area (Å²) in [5.41, 5.74) is 3.72. The second kappa shape index (κ2) is 6.96. The first-order valence-electron chi connectivity index (χ1n) is 8.78. The van der Waals surface area contributed by atoms with E-state index in [0.29, 0.717) is 11.5 Å². The van der Waals surface area contributed by atoms with Crippen molar-refractivity contribution in [3.05, 3.63) is 82.6 Å². The summed E-state index contributed by atoms with van der Waals surface area (Å²) >= 11 is 5.94. The van der Waals surface area contributed by atoms with E-state index in [1.54, 1.807) is 10.9 Å². The maximum atomic E-state index is 12.6. The number of carbonyl (C=O) groups excluding carboxylic acids is 1. The van der Waals surface area contributed by atoms with Crippen molar-refractivity contribution < 1.29 is 4.79 Å². The lowest BCUT2D eigenvalue weighted by molar-refractivity contribution is 0.0908. The number of amides is 1. The zero-order chi connectivity index (χ0) is 18.1. The highest BCUT2D eigenvalue weighted by Gasteiger charge is 2.32. The van der Waals surface area contributed by atoms with Gasteiger partial charge in [-0.25, -0.2) is 4.68 Å². The van der Waals surface area contributed by atoms with Crippen LogP contribution in [0.5, 0.6) is 0 Å². The van der Waals surface area contributed by atoms with Crippen LogP contribution in [0.1, 0.15) is 40.4 Å². The standard InChI is InChI=1S/C21H20ClN3O/c1-14-20(13-23-25(14)19-5-3-2-4-6-19)21(26)24-18-11-16(12-18)15-7-9-17(22)10-8-15/h2-10,13,16,18H,11-12H2,1H3,(H,24,26). The third-order valence-electron chi connectivity index (χ3n) is 5.07. The Hall–Kier alpha value is -2.59. The Morgan fingerprint density at radius 1 is 1.12 bits per heavy atom. The molecule has 132 valence electrons. The van der Waals surface area contributed by atoms with Crippen LogP contribution < -0.4 is 5.32 Å². The molecule has 1 saturated carbocycles. The van der Waals surface area contributed by atoms with E-state index in [0.717, 1.165) is 29.2 Å². The number of carbonyl (C=O) groups is 1. The number of benzene rings is 2. The fraction of sp³-hybridized carbons (Fsp3) is 0.238. The van der Waals surface area contributed by atoms with Gasteiger partial charge in [-0.05, 0) is 55.5 Å². The average molecular weight is 366 g/mol. The first-order chi connectivity index (χ1) is 12.6. The molecule has 2 aromatic carbocycles. The fourth-order valence-electron chi connectivity index (χ4n) is 3.47. The number of nitrogens with zero attached hydrogens (tertiary/aromatic N) is 2. The van der Waals surface area contributed by atoms with Crippen LogP contribution in [-0.2, 0) is 0 Å². The zero-order valence-corrected chi connectivity index (χ0v) is 15.3. The van der Waals surface area contributed by atoms with Gasteiger partial charge in [0, 0.05) is 11.1 Å². The summed E-state index contributed by atoms with van der Waals surface area (Å²) in [7, 11) is 0. The molecule has 0 atom stereocenters. The summed E-state index contributed by atoms with van der Waals surface area (Å²) in [6, 6.07) is 18.0. The largest absolute Gasteiger partial charge is 0.349 e. The first kappa shape index (κ1) is 16.9. The predicted molar refractivity (Wildman–Crippen MR) is 103 cm³/mol. The summed E-state index contributed by atoms with van der Waals surface area (Å²) in [6.07, 6.45) is 3.56. The quantitative estimate of drug-likeness (QED) is 0.739. The van der Waals surface area contributed by atoms with Crippen molar-refractivity contribution in [2.75, 3.05) is 0 Å². The zero-order valence-electron chi connectivity index (χ0n) is 14.5. The van der Waals surface area contributed by atoms with Gasteiger partial charge in [0.1, 0.15) is 0 Å². The lowest BCUT2D eigenvalue weighted by atomic mass is 9.76. The summed E-state index contributed by atoms with van der Waals surface area (Å²) in [4.78, 5) is 12.6. The maximum absolute atomic E-state index is 12.6. The Balaban J connectivity index is 1.39. The van der Waals surface area contributed by atoms with Crippen LogP contribution in [0.2, 0.25) is 5.02 Å². The Bertz CT molecular complexity index is 912. The number of aromatic nitrogens is 2. The Morgan fingerprint density at radius 2 is 1.81 bits per heavy atom. The lowest BCUT2D eigenvalue weighted by Gasteiger charge is -2.36. The molecule has 0 unspecified atom stereocenters. The van der Waals surface area contributed by atoms with E-state index in [4.69, 9.17) is 11.6 Å². The number of rotatable bonds is 4. The smallest absolute Gasteiger partial charge is 0.254 e. The van der Waals surface area contributed by atoms with Crippen LogP contribution >= 0.6 is 11.6 Å². The number of hydrogen-bond donors (Lipinski definition) is 1. The molecule has 1 aromatic heterocycles. The van der Waals surface area contributed by atoms with E-state index in [1.807, 2.05) is 49.4 Å². The van der Waals surface area contributed by atoms with Crippen LogP contribution in [-0.4, -0.2) is 21.7 Å². The van der Waals surface area contributed by atoms with Crippen LogP contribution in [0.15, 0.2) is 60.8 Å². The number of nitrogens with one attached hydrogen (secondary N) is 1. The molecule has 0 bridgehead atoms. The molecule has 0 aliphatic heterocycles. The topological polar surface area (TPSA) is 46.9 Å². The molecule has 4 nitrogen and oxygen atoms in total. The highest BCUT2D eigenvalue weighted by molar-refractivity contribution is 6.30. The van der Waals surface area contributed by atoms with E-state index in [9.17, 15) is 4.79 Å². The van der Waals surface area contributed by atoms with Crippen LogP contribution in [0.4, 0.5) is 0 Å². The Kier molecular flexibility index (Phi) is 4.51. The molecule has 1 aliphatic carbocycles. The molecule has 26 heavy (non-hydrogen) atoms. The second-order valence-corrected chi connectivity index (χ2v) is 7.22. The van der Waals surface area contributed by atoms with Crippen LogP contribution in [0, 0.1) is 6.92 Å². The summed E-state index contributed by atoms with van der Waals surface area (Å²) in [6.45, 7) is 1.92. The first-order valence-corrected chi connectivity index (χ1v) is 9.16. The van der Waals surface area contributed by atoms with Gasteiger partial charge in [-0.3, -0.25) is 4.79 Å². The molecule has 1 heterocycles. The minimum atomic E-state index is -0.0516. The highest BCUT2D eigenvalue weighted by Crippen LogP contribution is 2.37. The molecule has 5 heteroatoms. The van der Waals surface area contributed by atoms with E-state index in [-0.39, 0.29) is 11.9 Å². The van der Waals surface area contributed by atoms with Crippen molar-refractivity contribution in [2.24, 2.45) is 0 Å². The molecule has 1 amide bonds. The predicted octanol–water partition coefficient (Wildman–Crippen LogP) is 4.51. The lowest BCUT2D eigenvalue weighted by Crippen LogP contribution is -2.43. The third-order valence-corrected chi connectivity index (χ3v) is 5.32. The van der Waals surface area contributed by atoms with Crippen molar-refractivity contribution in [2.45, 2.75) is 31.7 Å². The van der Waals surface area contributed by atoms with Crippen molar-refractivity contribution in [3.63, 3.8) is 0 Å². The molecular weight excluding hydrogens is 346 g/mol. The van der Waals surface area contributed by atoms with E-state index in [2.05, 4.69) is 22.5 Å². The number of halogens is 1. The van der Waals surface area contributed by atoms with Gasteiger partial charge in [0.05, 0.1) is 23.1 Å². The molecule has 1 aliphatic rings. The number of hydrogen-bond acceptors (Lipinski definition) is 2. The molecule has 0 saturated heterocycles. The van der Waals surface area contributed by atoms with Crippen LogP contribution in [0.3, 0.4) is 0 Å². The maximum Gasteiger partial charge on any atom is 0.254 e. The van der Waals surface area contributed by atoms with Gasteiger partial charge < -0.3 is 5.32 Å². The summed E-state index contributed by atoms with van der Waals surface area (Å²) in [5, 5.41) is 8.26. The third kappa shape index (κ3) is 3.25. The minimum Gasteiger partial charge on any atom is -0.349 e.